The zero-order chi connectivity index (χ0) is 30.2. The maximum Gasteiger partial charge on any atom is 0.172 e. The Morgan fingerprint density at radius 3 is 1.11 bits per heavy atom. The van der Waals surface area contributed by atoms with Crippen molar-refractivity contribution in [2.75, 3.05) is 0 Å². The molecule has 0 nitrogen and oxygen atoms in total. The van der Waals surface area contributed by atoms with E-state index in [0.29, 0.717) is 0 Å². The second-order valence-corrected chi connectivity index (χ2v) is 18.8. The molecule has 0 unspecified atom stereocenters. The second kappa shape index (κ2) is 13.3. The van der Waals surface area contributed by atoms with E-state index in [1.54, 1.807) is 0 Å². The van der Waals surface area contributed by atoms with Gasteiger partial charge < -0.3 is 0 Å². The van der Waals surface area contributed by atoms with Gasteiger partial charge in [0.2, 0.25) is 0 Å². The molecule has 6 aromatic carbocycles. The molecular weight excluding hydrogens is 561 g/mol. The lowest BCUT2D eigenvalue weighted by molar-refractivity contribution is 1.46. The Kier molecular flexibility index (Phi) is 8.83. The summed E-state index contributed by atoms with van der Waals surface area (Å²) in [6.07, 6.45) is 4.59. The standard InChI is InChI=1S/C42H38Si2/c1-3-32-43(37-19-8-4-9-20-37,38-21-10-5-11-22-38)41-27-29-42(30-28-41)44(39-23-12-6-13-24-39,40-25-14-7-15-26-40)33-31-36-18-16-17-35(2)34-36/h3-34H,1-2H3. The van der Waals surface area contributed by atoms with Crippen LogP contribution in [0.2, 0.25) is 0 Å². The number of hydrogen-bond acceptors (Lipinski definition) is 0. The number of aryl methyl sites for hydroxylation is 1. The van der Waals surface area contributed by atoms with E-state index in [1.165, 1.54) is 42.2 Å². The quantitative estimate of drug-likeness (QED) is 0.135. The number of allylic oxidation sites excluding steroid dienone is 1. The minimum Gasteiger partial charge on any atom is -0.0945 e. The molecule has 214 valence electrons. The van der Waals surface area contributed by atoms with Crippen LogP contribution in [0.5, 0.6) is 0 Å². The van der Waals surface area contributed by atoms with Crippen LogP contribution in [0.4, 0.5) is 0 Å². The van der Waals surface area contributed by atoms with E-state index in [0.717, 1.165) is 0 Å². The van der Waals surface area contributed by atoms with Gasteiger partial charge in [-0.25, -0.2) is 0 Å². The van der Waals surface area contributed by atoms with Gasteiger partial charge in [-0.05, 0) is 50.5 Å². The van der Waals surface area contributed by atoms with Crippen molar-refractivity contribution in [3.63, 3.8) is 0 Å². The first-order valence-electron chi connectivity index (χ1n) is 15.4. The van der Waals surface area contributed by atoms with Gasteiger partial charge >= 0.3 is 0 Å². The average molecular weight is 599 g/mol. The van der Waals surface area contributed by atoms with Crippen molar-refractivity contribution in [3.8, 4) is 0 Å². The van der Waals surface area contributed by atoms with Crippen molar-refractivity contribution in [2.24, 2.45) is 0 Å². The largest absolute Gasteiger partial charge is 0.172 e. The van der Waals surface area contributed by atoms with E-state index in [9.17, 15) is 0 Å². The Morgan fingerprint density at radius 1 is 0.386 bits per heavy atom. The first-order chi connectivity index (χ1) is 21.7. The van der Waals surface area contributed by atoms with Gasteiger partial charge in [-0.3, -0.25) is 0 Å². The van der Waals surface area contributed by atoms with Gasteiger partial charge in [0, 0.05) is 0 Å². The van der Waals surface area contributed by atoms with E-state index >= 15 is 0 Å². The minimum absolute atomic E-state index is 1.23. The van der Waals surface area contributed by atoms with Crippen molar-refractivity contribution in [1.29, 1.82) is 0 Å². The molecule has 0 fully saturated rings. The zero-order valence-corrected chi connectivity index (χ0v) is 27.5. The minimum atomic E-state index is -2.57. The van der Waals surface area contributed by atoms with Gasteiger partial charge in [-0.2, -0.15) is 0 Å². The molecule has 0 bridgehead atoms. The fourth-order valence-corrected chi connectivity index (χ4v) is 15.0. The van der Waals surface area contributed by atoms with Crippen LogP contribution >= 0.6 is 0 Å². The smallest absolute Gasteiger partial charge is 0.0945 e. The van der Waals surface area contributed by atoms with Crippen LogP contribution in [-0.4, -0.2) is 16.1 Å². The maximum atomic E-state index is 2.53. The molecule has 6 rings (SSSR count). The summed E-state index contributed by atoms with van der Waals surface area (Å²) in [4.78, 5) is 0. The summed E-state index contributed by atoms with van der Waals surface area (Å²) in [5.41, 5.74) is 7.53. The van der Waals surface area contributed by atoms with Gasteiger partial charge in [0.15, 0.2) is 16.1 Å². The second-order valence-electron chi connectivity index (χ2n) is 11.4. The monoisotopic (exact) mass is 598 g/mol. The highest BCUT2D eigenvalue weighted by Gasteiger charge is 2.39. The molecule has 0 saturated heterocycles. The Morgan fingerprint density at radius 2 is 0.750 bits per heavy atom. The molecule has 0 N–H and O–H groups in total. The van der Waals surface area contributed by atoms with Crippen LogP contribution in [0.15, 0.2) is 187 Å². The summed E-state index contributed by atoms with van der Waals surface area (Å²) < 4.78 is 0. The maximum absolute atomic E-state index is 2.57. The Balaban J connectivity index is 1.59. The molecular formula is C42H38Si2. The molecule has 0 aromatic heterocycles. The lowest BCUT2D eigenvalue weighted by Gasteiger charge is -2.33. The predicted octanol–water partition coefficient (Wildman–Crippen LogP) is 6.30. The molecule has 0 aliphatic heterocycles. The lowest BCUT2D eigenvalue weighted by Crippen LogP contribution is -2.68. The molecule has 0 heterocycles. The Hall–Kier alpha value is -4.77. The van der Waals surface area contributed by atoms with Crippen LogP contribution in [-0.2, 0) is 0 Å². The van der Waals surface area contributed by atoms with Gasteiger partial charge in [0.25, 0.3) is 0 Å². The lowest BCUT2D eigenvalue weighted by atomic mass is 10.1. The topological polar surface area (TPSA) is 0 Å². The van der Waals surface area contributed by atoms with E-state index in [4.69, 9.17) is 0 Å². The van der Waals surface area contributed by atoms with Gasteiger partial charge in [0.05, 0.1) is 0 Å². The van der Waals surface area contributed by atoms with E-state index in [1.807, 2.05) is 0 Å². The Bertz CT molecular complexity index is 1760. The van der Waals surface area contributed by atoms with Crippen LogP contribution < -0.4 is 31.1 Å². The predicted molar refractivity (Wildman–Crippen MR) is 197 cm³/mol. The van der Waals surface area contributed by atoms with Crippen molar-refractivity contribution in [2.45, 2.75) is 13.8 Å². The average Bonchev–Trinajstić information content (AvgIpc) is 3.10. The van der Waals surface area contributed by atoms with Crippen LogP contribution in [0.3, 0.4) is 0 Å². The number of rotatable bonds is 9. The van der Waals surface area contributed by atoms with Gasteiger partial charge in [-0.15, -0.1) is 0 Å². The summed E-state index contributed by atoms with van der Waals surface area (Å²) >= 11 is 0. The number of benzene rings is 6. The molecule has 0 radical (unpaired) electrons. The summed E-state index contributed by atoms with van der Waals surface area (Å²) in [6, 6.07) is 62.9. The van der Waals surface area contributed by atoms with Crippen molar-refractivity contribution in [1.82, 2.24) is 0 Å². The van der Waals surface area contributed by atoms with Crippen molar-refractivity contribution < 1.29 is 0 Å². The summed E-state index contributed by atoms with van der Waals surface area (Å²) in [7, 11) is -4.99. The highest BCUT2D eigenvalue weighted by molar-refractivity contribution is 7.16. The molecule has 44 heavy (non-hydrogen) atoms. The molecule has 2 heteroatoms. The summed E-state index contributed by atoms with van der Waals surface area (Å²) in [6.45, 7) is 4.32. The molecule has 0 aliphatic rings. The van der Waals surface area contributed by atoms with Crippen molar-refractivity contribution in [3.05, 3.63) is 198 Å². The molecule has 0 aliphatic carbocycles. The fraction of sp³-hybridized carbons (Fsp3) is 0.0476. The molecule has 0 saturated carbocycles. The van der Waals surface area contributed by atoms with Crippen LogP contribution in [0.25, 0.3) is 6.08 Å². The molecule has 0 amide bonds. The van der Waals surface area contributed by atoms with Crippen LogP contribution in [0.1, 0.15) is 18.1 Å². The molecule has 0 spiro atoms. The highest BCUT2D eigenvalue weighted by atomic mass is 28.3. The normalized spacial score (nSPS) is 12.1. The SMILES string of the molecule is CC=C[Si](c1ccccc1)(c1ccccc1)c1ccc([Si](C=Cc2cccc(C)c2)(c2ccccc2)c2ccccc2)cc1. The number of hydrogen-bond donors (Lipinski definition) is 0. The third-order valence-electron chi connectivity index (χ3n) is 8.70. The van der Waals surface area contributed by atoms with Crippen molar-refractivity contribution >= 4 is 53.3 Å². The van der Waals surface area contributed by atoms with E-state index in [-0.39, 0.29) is 0 Å². The third kappa shape index (κ3) is 5.62. The highest BCUT2D eigenvalue weighted by Crippen LogP contribution is 2.15. The van der Waals surface area contributed by atoms with E-state index in [2.05, 4.69) is 207 Å². The Labute approximate surface area is 264 Å². The summed E-state index contributed by atoms with van der Waals surface area (Å²) in [5, 5.41) is 8.32. The summed E-state index contributed by atoms with van der Waals surface area (Å²) in [5.74, 6) is 0. The zero-order valence-electron chi connectivity index (χ0n) is 25.5. The first-order valence-corrected chi connectivity index (χ1v) is 19.6. The molecule has 0 atom stereocenters. The third-order valence-corrected chi connectivity index (χ3v) is 17.7. The van der Waals surface area contributed by atoms with Crippen LogP contribution in [0, 0.1) is 6.92 Å². The first kappa shape index (κ1) is 29.3. The van der Waals surface area contributed by atoms with Gasteiger partial charge in [-0.1, -0.05) is 199 Å². The molecule has 6 aromatic rings. The van der Waals surface area contributed by atoms with E-state index < -0.39 is 16.1 Å². The fourth-order valence-electron chi connectivity index (χ4n) is 6.62. The van der Waals surface area contributed by atoms with Gasteiger partial charge in [0.1, 0.15) is 0 Å².